The van der Waals surface area contributed by atoms with Gasteiger partial charge in [-0.2, -0.15) is 0 Å². The molecule has 2 nitrogen and oxygen atoms in total. The van der Waals surface area contributed by atoms with E-state index in [9.17, 15) is 0 Å². The molecule has 19 heavy (non-hydrogen) atoms. The van der Waals surface area contributed by atoms with Crippen LogP contribution in [0.25, 0.3) is 0 Å². The molecule has 1 N–H and O–H groups in total. The molecule has 0 aliphatic carbocycles. The molecule has 1 aromatic rings. The van der Waals surface area contributed by atoms with Gasteiger partial charge >= 0.3 is 0 Å². The third-order valence-corrected chi connectivity index (χ3v) is 3.24. The summed E-state index contributed by atoms with van der Waals surface area (Å²) in [6.45, 7) is 11.6. The number of ether oxygens (including phenoxy) is 1. The molecule has 0 bridgehead atoms. The van der Waals surface area contributed by atoms with Crippen molar-refractivity contribution >= 4 is 0 Å². The summed E-state index contributed by atoms with van der Waals surface area (Å²) in [6.07, 6.45) is 3.85. The number of hydrogen-bond donors (Lipinski definition) is 1. The van der Waals surface area contributed by atoms with Gasteiger partial charge in [0.1, 0.15) is 12.4 Å². The van der Waals surface area contributed by atoms with Gasteiger partial charge in [-0.3, -0.25) is 0 Å². The largest absolute Gasteiger partial charge is 0.492 e. The van der Waals surface area contributed by atoms with E-state index in [1.54, 1.807) is 0 Å². The van der Waals surface area contributed by atoms with Gasteiger partial charge < -0.3 is 10.1 Å². The standard InChI is InChI=1S/C17H29NO/c1-5-6-7-8-18-9-10-19-17-12-15(4)11-16(13-17)14(2)3/h11-14,18H,5-10H2,1-4H3. The Morgan fingerprint density at radius 3 is 2.58 bits per heavy atom. The Morgan fingerprint density at radius 1 is 1.11 bits per heavy atom. The summed E-state index contributed by atoms with van der Waals surface area (Å²) in [4.78, 5) is 0. The van der Waals surface area contributed by atoms with Crippen LogP contribution in [0, 0.1) is 6.92 Å². The van der Waals surface area contributed by atoms with Crippen LogP contribution in [-0.4, -0.2) is 19.7 Å². The molecule has 1 aromatic carbocycles. The van der Waals surface area contributed by atoms with Gasteiger partial charge in [-0.05, 0) is 49.1 Å². The van der Waals surface area contributed by atoms with Crippen molar-refractivity contribution in [2.75, 3.05) is 19.7 Å². The molecule has 0 atom stereocenters. The quantitative estimate of drug-likeness (QED) is 0.672. The molecule has 108 valence electrons. The van der Waals surface area contributed by atoms with E-state index in [1.165, 1.54) is 30.4 Å². The van der Waals surface area contributed by atoms with Crippen molar-refractivity contribution in [1.29, 1.82) is 0 Å². The maximum absolute atomic E-state index is 5.82. The molecule has 0 fully saturated rings. The van der Waals surface area contributed by atoms with E-state index in [2.05, 4.69) is 51.2 Å². The highest BCUT2D eigenvalue weighted by molar-refractivity contribution is 5.35. The van der Waals surface area contributed by atoms with Crippen molar-refractivity contribution in [3.05, 3.63) is 29.3 Å². The van der Waals surface area contributed by atoms with Gasteiger partial charge in [0.05, 0.1) is 0 Å². The Morgan fingerprint density at radius 2 is 1.89 bits per heavy atom. The number of nitrogens with one attached hydrogen (secondary N) is 1. The van der Waals surface area contributed by atoms with Crippen LogP contribution in [0.15, 0.2) is 18.2 Å². The molecule has 0 heterocycles. The summed E-state index contributed by atoms with van der Waals surface area (Å²) in [6, 6.07) is 6.51. The zero-order valence-corrected chi connectivity index (χ0v) is 13.0. The molecule has 0 unspecified atom stereocenters. The molecule has 0 radical (unpaired) electrons. The SMILES string of the molecule is CCCCCNCCOc1cc(C)cc(C(C)C)c1. The van der Waals surface area contributed by atoms with Crippen LogP contribution >= 0.6 is 0 Å². The highest BCUT2D eigenvalue weighted by Gasteiger charge is 2.03. The maximum Gasteiger partial charge on any atom is 0.119 e. The fraction of sp³-hybridized carbons (Fsp3) is 0.647. The second-order valence-corrected chi connectivity index (χ2v) is 5.54. The van der Waals surface area contributed by atoms with E-state index in [0.717, 1.165) is 25.4 Å². The van der Waals surface area contributed by atoms with Crippen LogP contribution < -0.4 is 10.1 Å². The van der Waals surface area contributed by atoms with Crippen molar-refractivity contribution in [2.24, 2.45) is 0 Å². The predicted octanol–water partition coefficient (Wildman–Crippen LogP) is 4.28. The highest BCUT2D eigenvalue weighted by Crippen LogP contribution is 2.22. The van der Waals surface area contributed by atoms with Gasteiger partial charge in [0.25, 0.3) is 0 Å². The first-order chi connectivity index (χ1) is 9.13. The van der Waals surface area contributed by atoms with Crippen LogP contribution in [-0.2, 0) is 0 Å². The van der Waals surface area contributed by atoms with Crippen molar-refractivity contribution in [1.82, 2.24) is 5.32 Å². The molecule has 1 rings (SSSR count). The molecule has 0 spiro atoms. The van der Waals surface area contributed by atoms with Crippen molar-refractivity contribution in [3.63, 3.8) is 0 Å². The Balaban J connectivity index is 2.29. The maximum atomic E-state index is 5.82. The molecular weight excluding hydrogens is 234 g/mol. The van der Waals surface area contributed by atoms with E-state index in [0.29, 0.717) is 5.92 Å². The summed E-state index contributed by atoms with van der Waals surface area (Å²) < 4.78 is 5.82. The average molecular weight is 263 g/mol. The number of unbranched alkanes of at least 4 members (excludes halogenated alkanes) is 2. The predicted molar refractivity (Wildman–Crippen MR) is 83.2 cm³/mol. The van der Waals surface area contributed by atoms with Crippen molar-refractivity contribution in [3.8, 4) is 5.75 Å². The molecule has 0 saturated heterocycles. The molecule has 0 aliphatic heterocycles. The minimum atomic E-state index is 0.550. The molecule has 2 heteroatoms. The lowest BCUT2D eigenvalue weighted by Gasteiger charge is -2.12. The number of hydrogen-bond acceptors (Lipinski definition) is 2. The fourth-order valence-corrected chi connectivity index (χ4v) is 2.06. The van der Waals surface area contributed by atoms with E-state index in [-0.39, 0.29) is 0 Å². The van der Waals surface area contributed by atoms with Crippen LogP contribution in [0.4, 0.5) is 0 Å². The first-order valence-electron chi connectivity index (χ1n) is 7.58. The summed E-state index contributed by atoms with van der Waals surface area (Å²) in [7, 11) is 0. The first-order valence-corrected chi connectivity index (χ1v) is 7.58. The third kappa shape index (κ3) is 6.63. The lowest BCUT2D eigenvalue weighted by molar-refractivity contribution is 0.313. The van der Waals surface area contributed by atoms with Crippen LogP contribution in [0.5, 0.6) is 5.75 Å². The summed E-state index contributed by atoms with van der Waals surface area (Å²) in [5.41, 5.74) is 2.63. The van der Waals surface area contributed by atoms with Crippen LogP contribution in [0.3, 0.4) is 0 Å². The minimum Gasteiger partial charge on any atom is -0.492 e. The average Bonchev–Trinajstić information content (AvgIpc) is 2.37. The molecular formula is C17H29NO. The summed E-state index contributed by atoms with van der Waals surface area (Å²) >= 11 is 0. The highest BCUT2D eigenvalue weighted by atomic mass is 16.5. The van der Waals surface area contributed by atoms with Crippen molar-refractivity contribution in [2.45, 2.75) is 52.9 Å². The second kappa shape index (κ2) is 8.98. The zero-order valence-electron chi connectivity index (χ0n) is 13.0. The lowest BCUT2D eigenvalue weighted by Crippen LogP contribution is -2.22. The Kier molecular flexibility index (Phi) is 7.57. The summed E-state index contributed by atoms with van der Waals surface area (Å²) in [5.74, 6) is 1.55. The van der Waals surface area contributed by atoms with Crippen LogP contribution in [0.2, 0.25) is 0 Å². The number of benzene rings is 1. The van der Waals surface area contributed by atoms with Gasteiger partial charge in [-0.25, -0.2) is 0 Å². The Labute approximate surface area is 118 Å². The smallest absolute Gasteiger partial charge is 0.119 e. The van der Waals surface area contributed by atoms with E-state index in [1.807, 2.05) is 0 Å². The Hall–Kier alpha value is -1.02. The second-order valence-electron chi connectivity index (χ2n) is 5.54. The van der Waals surface area contributed by atoms with Gasteiger partial charge in [0, 0.05) is 6.54 Å². The third-order valence-electron chi connectivity index (χ3n) is 3.24. The van der Waals surface area contributed by atoms with Gasteiger partial charge in [-0.1, -0.05) is 39.7 Å². The topological polar surface area (TPSA) is 21.3 Å². The molecule has 0 aromatic heterocycles. The van der Waals surface area contributed by atoms with Gasteiger partial charge in [0.2, 0.25) is 0 Å². The lowest BCUT2D eigenvalue weighted by atomic mass is 10.0. The minimum absolute atomic E-state index is 0.550. The number of rotatable bonds is 9. The van der Waals surface area contributed by atoms with E-state index in [4.69, 9.17) is 4.74 Å². The summed E-state index contributed by atoms with van der Waals surface area (Å²) in [5, 5.41) is 3.42. The first kappa shape index (κ1) is 16.0. The fourth-order valence-electron chi connectivity index (χ4n) is 2.06. The monoisotopic (exact) mass is 263 g/mol. The molecule has 0 saturated carbocycles. The number of aryl methyl sites for hydroxylation is 1. The molecule has 0 aliphatic rings. The molecule has 0 amide bonds. The van der Waals surface area contributed by atoms with E-state index >= 15 is 0 Å². The van der Waals surface area contributed by atoms with Gasteiger partial charge in [0.15, 0.2) is 0 Å². The van der Waals surface area contributed by atoms with Gasteiger partial charge in [-0.15, -0.1) is 0 Å². The normalized spacial score (nSPS) is 11.0. The van der Waals surface area contributed by atoms with E-state index < -0.39 is 0 Å². The van der Waals surface area contributed by atoms with Crippen molar-refractivity contribution < 1.29 is 4.74 Å². The zero-order chi connectivity index (χ0) is 14.1. The van der Waals surface area contributed by atoms with Crippen LogP contribution in [0.1, 0.15) is 57.1 Å². The Bertz CT molecular complexity index is 360.